The van der Waals surface area contributed by atoms with Crippen molar-refractivity contribution in [1.29, 1.82) is 0 Å². The van der Waals surface area contributed by atoms with Crippen molar-refractivity contribution in [3.8, 4) is 44.5 Å². The molecule has 3 heteroatoms. The lowest BCUT2D eigenvalue weighted by atomic mass is 9.94. The molecule has 0 aliphatic carbocycles. The molecule has 2 heterocycles. The number of benzene rings is 9. The molecule has 0 aliphatic rings. The summed E-state index contributed by atoms with van der Waals surface area (Å²) in [5, 5.41) is 4.13. The number of hydrogen-bond donors (Lipinski definition) is 0. The molecule has 0 saturated heterocycles. The van der Waals surface area contributed by atoms with E-state index in [-0.39, 0.29) is 0 Å². The predicted molar refractivity (Wildman–Crippen MR) is 237 cm³/mol. The molecule has 0 bridgehead atoms. The molecule has 2 aromatic heterocycles. The van der Waals surface area contributed by atoms with E-state index in [2.05, 4.69) is 205 Å². The van der Waals surface area contributed by atoms with Crippen molar-refractivity contribution in [2.24, 2.45) is 0 Å². The standard InChI is InChI=1S/C54H35NO2/c1-4-15-36(16-5-1)38-27-29-41(30-28-38)51-53-44-22-11-13-25-48(44)56-50(53)35-45-52-47(24-14-26-49(52)57-54(45)51)55(42-33-31-39(32-34-42)37-17-6-2-7-18-37)46-23-12-10-21-43(46)40-19-8-3-9-20-40/h1-35H. The van der Waals surface area contributed by atoms with Gasteiger partial charge in [-0.1, -0.05) is 170 Å². The molecule has 0 radical (unpaired) electrons. The monoisotopic (exact) mass is 729 g/mol. The van der Waals surface area contributed by atoms with E-state index in [1.165, 1.54) is 11.1 Å². The number of nitrogens with zero attached hydrogens (tertiary/aromatic N) is 1. The third-order valence-electron chi connectivity index (χ3n) is 11.1. The maximum Gasteiger partial charge on any atom is 0.144 e. The van der Waals surface area contributed by atoms with E-state index >= 15 is 0 Å². The molecular formula is C54H35NO2. The van der Waals surface area contributed by atoms with Gasteiger partial charge in [-0.15, -0.1) is 0 Å². The van der Waals surface area contributed by atoms with Crippen LogP contribution in [0.15, 0.2) is 221 Å². The first kappa shape index (κ1) is 32.8. The molecule has 0 unspecified atom stereocenters. The van der Waals surface area contributed by atoms with E-state index in [1.54, 1.807) is 0 Å². The Morgan fingerprint density at radius 3 is 1.54 bits per heavy atom. The first-order chi connectivity index (χ1) is 28.3. The van der Waals surface area contributed by atoms with E-state index in [4.69, 9.17) is 8.83 Å². The topological polar surface area (TPSA) is 29.5 Å². The van der Waals surface area contributed by atoms with Crippen molar-refractivity contribution in [2.75, 3.05) is 4.90 Å². The summed E-state index contributed by atoms with van der Waals surface area (Å²) in [7, 11) is 0. The second-order valence-electron chi connectivity index (χ2n) is 14.4. The fourth-order valence-corrected chi connectivity index (χ4v) is 8.44. The van der Waals surface area contributed by atoms with Crippen molar-refractivity contribution in [3.05, 3.63) is 212 Å². The van der Waals surface area contributed by atoms with E-state index in [0.29, 0.717) is 0 Å². The zero-order valence-electron chi connectivity index (χ0n) is 31.0. The van der Waals surface area contributed by atoms with E-state index in [9.17, 15) is 0 Å². The summed E-state index contributed by atoms with van der Waals surface area (Å²) < 4.78 is 13.7. The summed E-state index contributed by atoms with van der Waals surface area (Å²) in [6, 6.07) is 74.9. The summed E-state index contributed by atoms with van der Waals surface area (Å²) >= 11 is 0. The largest absolute Gasteiger partial charge is 0.456 e. The minimum atomic E-state index is 0.810. The fourth-order valence-electron chi connectivity index (χ4n) is 8.44. The van der Waals surface area contributed by atoms with Crippen LogP contribution in [0.5, 0.6) is 0 Å². The van der Waals surface area contributed by atoms with Gasteiger partial charge in [0, 0.05) is 33.0 Å². The Balaban J connectivity index is 1.18. The Bertz CT molecular complexity index is 3200. The zero-order chi connectivity index (χ0) is 37.7. The van der Waals surface area contributed by atoms with Gasteiger partial charge in [0.25, 0.3) is 0 Å². The molecule has 0 amide bonds. The average molecular weight is 730 g/mol. The second kappa shape index (κ2) is 13.6. The van der Waals surface area contributed by atoms with Gasteiger partial charge in [0.15, 0.2) is 0 Å². The molecule has 11 aromatic rings. The fraction of sp³-hybridized carbons (Fsp3) is 0. The number of fused-ring (bicyclic) bond motifs is 6. The number of para-hydroxylation sites is 2. The molecule has 0 aliphatic heterocycles. The van der Waals surface area contributed by atoms with E-state index in [0.717, 1.165) is 94.3 Å². The van der Waals surface area contributed by atoms with Crippen LogP contribution in [0.2, 0.25) is 0 Å². The lowest BCUT2D eigenvalue weighted by Crippen LogP contribution is -2.11. The van der Waals surface area contributed by atoms with Crippen LogP contribution in [-0.2, 0) is 0 Å². The Morgan fingerprint density at radius 2 is 0.842 bits per heavy atom. The van der Waals surface area contributed by atoms with Gasteiger partial charge in [-0.3, -0.25) is 0 Å². The molecule has 0 N–H and O–H groups in total. The van der Waals surface area contributed by atoms with Gasteiger partial charge in [0.2, 0.25) is 0 Å². The Kier molecular flexibility index (Phi) is 7.82. The second-order valence-corrected chi connectivity index (χ2v) is 14.4. The van der Waals surface area contributed by atoms with Crippen LogP contribution in [0.1, 0.15) is 0 Å². The maximum absolute atomic E-state index is 7.07. The van der Waals surface area contributed by atoms with Crippen LogP contribution < -0.4 is 4.90 Å². The van der Waals surface area contributed by atoms with Crippen LogP contribution >= 0.6 is 0 Å². The summed E-state index contributed by atoms with van der Waals surface area (Å²) in [6.07, 6.45) is 0. The quantitative estimate of drug-likeness (QED) is 0.164. The Morgan fingerprint density at radius 1 is 0.316 bits per heavy atom. The van der Waals surface area contributed by atoms with E-state index < -0.39 is 0 Å². The normalized spacial score (nSPS) is 11.5. The number of hydrogen-bond acceptors (Lipinski definition) is 3. The van der Waals surface area contributed by atoms with Crippen molar-refractivity contribution >= 4 is 60.9 Å². The molecular weight excluding hydrogens is 695 g/mol. The molecule has 268 valence electrons. The highest BCUT2D eigenvalue weighted by Crippen LogP contribution is 2.50. The van der Waals surface area contributed by atoms with Crippen LogP contribution in [0, 0.1) is 0 Å². The van der Waals surface area contributed by atoms with Gasteiger partial charge < -0.3 is 13.7 Å². The molecule has 11 rings (SSSR count). The minimum absolute atomic E-state index is 0.810. The Labute approximate surface area is 330 Å². The predicted octanol–water partition coefficient (Wildman–Crippen LogP) is 15.6. The average Bonchev–Trinajstić information content (AvgIpc) is 3.85. The van der Waals surface area contributed by atoms with Crippen LogP contribution in [0.4, 0.5) is 17.1 Å². The Hall–Kier alpha value is -7.62. The van der Waals surface area contributed by atoms with Gasteiger partial charge in [-0.2, -0.15) is 0 Å². The molecule has 9 aromatic carbocycles. The molecule has 0 saturated carbocycles. The SMILES string of the molecule is c1ccc(-c2ccc(-c3c4oc5cccc(N(c6ccc(-c7ccccc7)cc6)c6ccccc6-c6ccccc6)c5c4cc4oc5ccccc5c34)cc2)cc1. The summed E-state index contributed by atoms with van der Waals surface area (Å²) in [5.74, 6) is 0. The third kappa shape index (κ3) is 5.60. The maximum atomic E-state index is 7.07. The van der Waals surface area contributed by atoms with Crippen molar-refractivity contribution in [3.63, 3.8) is 0 Å². The highest BCUT2D eigenvalue weighted by molar-refractivity contribution is 6.25. The number of rotatable bonds is 7. The number of furan rings is 2. The van der Waals surface area contributed by atoms with Gasteiger partial charge in [-0.05, 0) is 75.8 Å². The summed E-state index contributed by atoms with van der Waals surface area (Å²) in [4.78, 5) is 2.38. The van der Waals surface area contributed by atoms with Crippen LogP contribution in [0.3, 0.4) is 0 Å². The van der Waals surface area contributed by atoms with Gasteiger partial charge in [-0.25, -0.2) is 0 Å². The van der Waals surface area contributed by atoms with Gasteiger partial charge in [0.05, 0.1) is 16.8 Å². The lowest BCUT2D eigenvalue weighted by Gasteiger charge is -2.28. The minimum Gasteiger partial charge on any atom is -0.456 e. The molecule has 0 spiro atoms. The van der Waals surface area contributed by atoms with Gasteiger partial charge >= 0.3 is 0 Å². The molecule has 57 heavy (non-hydrogen) atoms. The highest BCUT2D eigenvalue weighted by Gasteiger charge is 2.26. The zero-order valence-corrected chi connectivity index (χ0v) is 31.0. The first-order valence-corrected chi connectivity index (χ1v) is 19.3. The highest BCUT2D eigenvalue weighted by atomic mass is 16.3. The van der Waals surface area contributed by atoms with Crippen LogP contribution in [-0.4, -0.2) is 0 Å². The lowest BCUT2D eigenvalue weighted by molar-refractivity contribution is 0.664. The van der Waals surface area contributed by atoms with Crippen molar-refractivity contribution in [1.82, 2.24) is 0 Å². The molecule has 3 nitrogen and oxygen atoms in total. The first-order valence-electron chi connectivity index (χ1n) is 19.3. The summed E-state index contributed by atoms with van der Waals surface area (Å²) in [5.41, 5.74) is 15.5. The summed E-state index contributed by atoms with van der Waals surface area (Å²) in [6.45, 7) is 0. The number of anilines is 3. The van der Waals surface area contributed by atoms with Crippen molar-refractivity contribution in [2.45, 2.75) is 0 Å². The molecule has 0 fully saturated rings. The van der Waals surface area contributed by atoms with Crippen LogP contribution in [0.25, 0.3) is 88.4 Å². The van der Waals surface area contributed by atoms with Crippen molar-refractivity contribution < 1.29 is 8.83 Å². The molecule has 0 atom stereocenters. The van der Waals surface area contributed by atoms with Gasteiger partial charge in [0.1, 0.15) is 22.3 Å². The smallest absolute Gasteiger partial charge is 0.144 e. The third-order valence-corrected chi connectivity index (χ3v) is 11.1. The van der Waals surface area contributed by atoms with E-state index in [1.807, 2.05) is 12.1 Å².